The molecule has 0 bridgehead atoms. The molecule has 2 N–H and O–H groups in total. The molecule has 5 rings (SSSR count). The van der Waals surface area contributed by atoms with E-state index in [0.717, 1.165) is 23.2 Å². The lowest BCUT2D eigenvalue weighted by Gasteiger charge is -2.18. The second-order valence-corrected chi connectivity index (χ2v) is 8.67. The second-order valence-electron chi connectivity index (χ2n) is 7.81. The fraction of sp³-hybridized carbons (Fsp3) is 0.111. The molecule has 32 heavy (non-hydrogen) atoms. The first-order chi connectivity index (χ1) is 15.7. The van der Waals surface area contributed by atoms with Crippen molar-refractivity contribution in [3.63, 3.8) is 0 Å². The monoisotopic (exact) mass is 437 g/mol. The summed E-state index contributed by atoms with van der Waals surface area (Å²) in [5, 5.41) is 21.9. The maximum absolute atomic E-state index is 10.6. The number of benzene rings is 3. The summed E-state index contributed by atoms with van der Waals surface area (Å²) in [7, 11) is 0. The summed E-state index contributed by atoms with van der Waals surface area (Å²) in [6, 6.07) is 28.9. The standard InChI is InChI=1S/C27H23N3OS/c28-26-25(24(31)17-30(26)16-15-19-7-3-1-4-8-19)27-29-23(18-32-27)22-13-11-21(12-14-22)20-9-5-2-6-10-20/h1-14,18,28,31H,15-17H2. The maximum atomic E-state index is 10.6. The van der Waals surface area contributed by atoms with E-state index in [9.17, 15) is 5.11 Å². The van der Waals surface area contributed by atoms with Crippen LogP contribution in [-0.2, 0) is 6.42 Å². The number of thiazole rings is 1. The first-order valence-corrected chi connectivity index (χ1v) is 11.5. The molecule has 0 radical (unpaired) electrons. The summed E-state index contributed by atoms with van der Waals surface area (Å²) in [5.74, 6) is 0.571. The minimum absolute atomic E-state index is 0.225. The molecule has 0 saturated carbocycles. The van der Waals surface area contributed by atoms with Crippen LogP contribution in [0.1, 0.15) is 10.6 Å². The van der Waals surface area contributed by atoms with Crippen LogP contribution in [0.2, 0.25) is 0 Å². The van der Waals surface area contributed by atoms with Crippen LogP contribution in [0.25, 0.3) is 28.0 Å². The molecule has 0 atom stereocenters. The Morgan fingerprint density at radius 2 is 1.47 bits per heavy atom. The molecule has 4 aromatic rings. The molecule has 3 aromatic carbocycles. The fourth-order valence-corrected chi connectivity index (χ4v) is 4.84. The number of nitrogens with one attached hydrogen (secondary N) is 1. The Balaban J connectivity index is 1.31. The molecule has 1 aliphatic heterocycles. The van der Waals surface area contributed by atoms with Gasteiger partial charge in [-0.3, -0.25) is 5.41 Å². The molecule has 4 nitrogen and oxygen atoms in total. The van der Waals surface area contributed by atoms with E-state index in [-0.39, 0.29) is 5.76 Å². The van der Waals surface area contributed by atoms with Gasteiger partial charge in [-0.2, -0.15) is 0 Å². The summed E-state index contributed by atoms with van der Waals surface area (Å²) in [4.78, 5) is 6.66. The first kappa shape index (κ1) is 20.2. The van der Waals surface area contributed by atoms with Gasteiger partial charge in [0.2, 0.25) is 0 Å². The van der Waals surface area contributed by atoms with Gasteiger partial charge < -0.3 is 10.0 Å². The van der Waals surface area contributed by atoms with Crippen LogP contribution < -0.4 is 0 Å². The number of rotatable bonds is 6. The van der Waals surface area contributed by atoms with Crippen molar-refractivity contribution >= 4 is 22.7 Å². The highest BCUT2D eigenvalue weighted by molar-refractivity contribution is 7.11. The van der Waals surface area contributed by atoms with E-state index < -0.39 is 0 Å². The Labute approximate surface area is 191 Å². The van der Waals surface area contributed by atoms with Gasteiger partial charge in [0.15, 0.2) is 0 Å². The molecule has 1 aliphatic rings. The molecule has 158 valence electrons. The van der Waals surface area contributed by atoms with E-state index in [2.05, 4.69) is 48.5 Å². The van der Waals surface area contributed by atoms with Gasteiger partial charge in [0.05, 0.1) is 17.8 Å². The lowest BCUT2D eigenvalue weighted by Crippen LogP contribution is -2.28. The van der Waals surface area contributed by atoms with Gasteiger partial charge in [-0.15, -0.1) is 11.3 Å². The molecule has 0 aliphatic carbocycles. The number of hydrogen-bond acceptors (Lipinski definition) is 4. The average Bonchev–Trinajstić information content (AvgIpc) is 3.43. The third-order valence-electron chi connectivity index (χ3n) is 5.70. The Morgan fingerprint density at radius 3 is 2.19 bits per heavy atom. The smallest absolute Gasteiger partial charge is 0.135 e. The Hall–Kier alpha value is -3.70. The van der Waals surface area contributed by atoms with Crippen LogP contribution in [0.4, 0.5) is 0 Å². The van der Waals surface area contributed by atoms with Gasteiger partial charge in [-0.25, -0.2) is 4.98 Å². The highest BCUT2D eigenvalue weighted by atomic mass is 32.1. The predicted molar refractivity (Wildman–Crippen MR) is 132 cm³/mol. The van der Waals surface area contributed by atoms with Crippen molar-refractivity contribution in [3.05, 3.63) is 107 Å². The largest absolute Gasteiger partial charge is 0.510 e. The van der Waals surface area contributed by atoms with Crippen molar-refractivity contribution in [2.24, 2.45) is 0 Å². The zero-order chi connectivity index (χ0) is 21.9. The molecule has 0 spiro atoms. The number of hydrogen-bond donors (Lipinski definition) is 2. The van der Waals surface area contributed by atoms with E-state index in [1.54, 1.807) is 0 Å². The SMILES string of the molecule is N=C1C(c2nc(-c3ccc(-c4ccccc4)cc3)cs2)=C(O)CN1CCc1ccccc1. The molecule has 5 heteroatoms. The van der Waals surface area contributed by atoms with Crippen molar-refractivity contribution in [2.75, 3.05) is 13.1 Å². The highest BCUT2D eigenvalue weighted by Gasteiger charge is 2.30. The van der Waals surface area contributed by atoms with Crippen LogP contribution in [0.3, 0.4) is 0 Å². The quantitative estimate of drug-likeness (QED) is 0.373. The number of amidine groups is 1. The van der Waals surface area contributed by atoms with Crippen LogP contribution in [0.5, 0.6) is 0 Å². The van der Waals surface area contributed by atoms with Crippen LogP contribution in [0.15, 0.2) is 96.1 Å². The zero-order valence-corrected chi connectivity index (χ0v) is 18.3. The van der Waals surface area contributed by atoms with E-state index >= 15 is 0 Å². The second kappa shape index (κ2) is 8.81. The first-order valence-electron chi connectivity index (χ1n) is 10.6. The van der Waals surface area contributed by atoms with E-state index in [0.29, 0.717) is 29.5 Å². The summed E-state index contributed by atoms with van der Waals surface area (Å²) in [6.45, 7) is 1.05. The van der Waals surface area contributed by atoms with Crippen molar-refractivity contribution < 1.29 is 5.11 Å². The summed E-state index contributed by atoms with van der Waals surface area (Å²) < 4.78 is 0. The number of nitrogens with zero attached hydrogens (tertiary/aromatic N) is 2. The van der Waals surface area contributed by atoms with Gasteiger partial charge in [0.1, 0.15) is 16.6 Å². The molecular formula is C27H23N3OS. The van der Waals surface area contributed by atoms with Gasteiger partial charge in [0.25, 0.3) is 0 Å². The average molecular weight is 438 g/mol. The molecule has 0 amide bonds. The number of aromatic nitrogens is 1. The molecule has 0 saturated heterocycles. The maximum Gasteiger partial charge on any atom is 0.135 e. The van der Waals surface area contributed by atoms with Crippen molar-refractivity contribution in [2.45, 2.75) is 6.42 Å². The number of aliphatic hydroxyl groups is 1. The molecule has 0 fully saturated rings. The van der Waals surface area contributed by atoms with Gasteiger partial charge in [-0.1, -0.05) is 84.9 Å². The van der Waals surface area contributed by atoms with E-state index in [1.807, 2.05) is 46.7 Å². The summed E-state index contributed by atoms with van der Waals surface area (Å²) in [5.41, 5.74) is 6.01. The van der Waals surface area contributed by atoms with Crippen molar-refractivity contribution in [1.82, 2.24) is 9.88 Å². The van der Waals surface area contributed by atoms with Crippen LogP contribution in [0, 0.1) is 5.41 Å². The van der Waals surface area contributed by atoms with Gasteiger partial charge in [-0.05, 0) is 23.1 Å². The Morgan fingerprint density at radius 1 is 0.844 bits per heavy atom. The van der Waals surface area contributed by atoms with Crippen molar-refractivity contribution in [3.8, 4) is 22.4 Å². The third-order valence-corrected chi connectivity index (χ3v) is 6.56. The molecule has 2 heterocycles. The summed E-state index contributed by atoms with van der Waals surface area (Å²) in [6.07, 6.45) is 0.834. The molecular weight excluding hydrogens is 414 g/mol. The van der Waals surface area contributed by atoms with Gasteiger partial charge >= 0.3 is 0 Å². The van der Waals surface area contributed by atoms with Gasteiger partial charge in [0, 0.05) is 17.5 Å². The fourth-order valence-electron chi connectivity index (χ4n) is 3.94. The third kappa shape index (κ3) is 4.07. The van der Waals surface area contributed by atoms with E-state index in [1.165, 1.54) is 22.5 Å². The predicted octanol–water partition coefficient (Wildman–Crippen LogP) is 6.28. The minimum Gasteiger partial charge on any atom is -0.510 e. The minimum atomic E-state index is 0.225. The van der Waals surface area contributed by atoms with Crippen LogP contribution >= 0.6 is 11.3 Å². The Kier molecular flexibility index (Phi) is 5.57. The highest BCUT2D eigenvalue weighted by Crippen LogP contribution is 2.33. The lowest BCUT2D eigenvalue weighted by molar-refractivity contribution is 0.351. The normalized spacial score (nSPS) is 13.8. The Bertz CT molecular complexity index is 1260. The number of aliphatic hydroxyl groups excluding tert-OH is 1. The molecule has 1 aromatic heterocycles. The summed E-state index contributed by atoms with van der Waals surface area (Å²) >= 11 is 1.47. The zero-order valence-electron chi connectivity index (χ0n) is 17.5. The van der Waals surface area contributed by atoms with Crippen LogP contribution in [-0.4, -0.2) is 33.9 Å². The van der Waals surface area contributed by atoms with E-state index in [4.69, 9.17) is 10.4 Å². The van der Waals surface area contributed by atoms with Crippen molar-refractivity contribution in [1.29, 1.82) is 5.41 Å². The lowest BCUT2D eigenvalue weighted by atomic mass is 10.0. The molecule has 0 unspecified atom stereocenters. The topological polar surface area (TPSA) is 60.2 Å².